The first-order valence-corrected chi connectivity index (χ1v) is 7.14. The highest BCUT2D eigenvalue weighted by molar-refractivity contribution is 5.97. The number of aryl methyl sites for hydroxylation is 1. The third-order valence-electron chi connectivity index (χ3n) is 3.98. The zero-order valence-electron chi connectivity index (χ0n) is 11.4. The second kappa shape index (κ2) is 5.63. The van der Waals surface area contributed by atoms with E-state index in [1.54, 1.807) is 6.07 Å². The third kappa shape index (κ3) is 2.82. The summed E-state index contributed by atoms with van der Waals surface area (Å²) in [7, 11) is 0. The topological polar surface area (TPSA) is 70.2 Å². The molecule has 1 aromatic rings. The van der Waals surface area contributed by atoms with Crippen LogP contribution in [0.5, 0.6) is 0 Å². The van der Waals surface area contributed by atoms with E-state index in [0.717, 1.165) is 37.3 Å². The van der Waals surface area contributed by atoms with E-state index in [9.17, 15) is 9.59 Å². The van der Waals surface area contributed by atoms with E-state index < -0.39 is 0 Å². The molecule has 2 aliphatic heterocycles. The van der Waals surface area contributed by atoms with E-state index in [4.69, 9.17) is 0 Å². The molecule has 0 spiro atoms. The Morgan fingerprint density at radius 3 is 3.05 bits per heavy atom. The number of anilines is 1. The summed E-state index contributed by atoms with van der Waals surface area (Å²) in [5.74, 6) is 0.552. The van der Waals surface area contributed by atoms with Gasteiger partial charge < -0.3 is 16.0 Å². The van der Waals surface area contributed by atoms with Gasteiger partial charge in [0, 0.05) is 24.2 Å². The first-order chi connectivity index (χ1) is 9.72. The number of fused-ring (bicyclic) bond motifs is 1. The van der Waals surface area contributed by atoms with Crippen LogP contribution in [-0.4, -0.2) is 31.4 Å². The normalized spacial score (nSPS) is 21.2. The molecule has 106 valence electrons. The Labute approximate surface area is 118 Å². The molecule has 0 radical (unpaired) electrons. The fourth-order valence-corrected chi connectivity index (χ4v) is 2.75. The van der Waals surface area contributed by atoms with E-state index in [1.165, 1.54) is 0 Å². The average molecular weight is 273 g/mol. The van der Waals surface area contributed by atoms with Gasteiger partial charge in [-0.15, -0.1) is 0 Å². The molecular formula is C15H19N3O2. The van der Waals surface area contributed by atoms with Crippen molar-refractivity contribution in [2.24, 2.45) is 5.92 Å². The summed E-state index contributed by atoms with van der Waals surface area (Å²) in [6.45, 7) is 2.75. The Morgan fingerprint density at radius 1 is 1.35 bits per heavy atom. The molecule has 1 fully saturated rings. The summed E-state index contributed by atoms with van der Waals surface area (Å²) < 4.78 is 0. The van der Waals surface area contributed by atoms with E-state index in [2.05, 4.69) is 16.0 Å². The number of nitrogens with one attached hydrogen (secondary N) is 3. The highest BCUT2D eigenvalue weighted by atomic mass is 16.2. The van der Waals surface area contributed by atoms with Gasteiger partial charge >= 0.3 is 0 Å². The Bertz CT molecular complexity index is 536. The van der Waals surface area contributed by atoms with Crippen LogP contribution in [0.3, 0.4) is 0 Å². The number of amides is 2. The third-order valence-corrected chi connectivity index (χ3v) is 3.98. The maximum Gasteiger partial charge on any atom is 0.251 e. The molecular weight excluding hydrogens is 254 g/mol. The van der Waals surface area contributed by atoms with Gasteiger partial charge in [-0.05, 0) is 55.6 Å². The highest BCUT2D eigenvalue weighted by Crippen LogP contribution is 2.23. The van der Waals surface area contributed by atoms with Crippen LogP contribution in [0, 0.1) is 5.92 Å². The van der Waals surface area contributed by atoms with Crippen molar-refractivity contribution in [2.75, 3.05) is 25.0 Å². The molecule has 5 heteroatoms. The van der Waals surface area contributed by atoms with Crippen molar-refractivity contribution in [1.82, 2.24) is 10.6 Å². The molecule has 2 amide bonds. The smallest absolute Gasteiger partial charge is 0.251 e. The lowest BCUT2D eigenvalue weighted by molar-refractivity contribution is -0.116. The molecule has 2 heterocycles. The summed E-state index contributed by atoms with van der Waals surface area (Å²) in [6, 6.07) is 5.47. The largest absolute Gasteiger partial charge is 0.352 e. The molecule has 5 nitrogen and oxygen atoms in total. The van der Waals surface area contributed by atoms with Gasteiger partial charge in [-0.1, -0.05) is 0 Å². The molecule has 0 aliphatic carbocycles. The SMILES string of the molecule is O=C1CCc2cc(C(=O)NCC3CCNC3)ccc2N1. The number of carbonyl (C=O) groups is 2. The van der Waals surface area contributed by atoms with E-state index in [-0.39, 0.29) is 11.8 Å². The highest BCUT2D eigenvalue weighted by Gasteiger charge is 2.18. The summed E-state index contributed by atoms with van der Waals surface area (Å²) in [5.41, 5.74) is 2.54. The van der Waals surface area contributed by atoms with Crippen LogP contribution in [0.2, 0.25) is 0 Å². The first kappa shape index (κ1) is 13.1. The summed E-state index contributed by atoms with van der Waals surface area (Å²) in [4.78, 5) is 23.4. The predicted molar refractivity (Wildman–Crippen MR) is 76.7 cm³/mol. The Kier molecular flexibility index (Phi) is 3.69. The van der Waals surface area contributed by atoms with Crippen molar-refractivity contribution < 1.29 is 9.59 Å². The zero-order valence-corrected chi connectivity index (χ0v) is 11.4. The molecule has 1 saturated heterocycles. The van der Waals surface area contributed by atoms with Gasteiger partial charge in [0.2, 0.25) is 5.91 Å². The number of rotatable bonds is 3. The van der Waals surface area contributed by atoms with Crippen molar-refractivity contribution in [3.63, 3.8) is 0 Å². The van der Waals surface area contributed by atoms with E-state index in [0.29, 0.717) is 24.3 Å². The number of carbonyl (C=O) groups excluding carboxylic acids is 2. The van der Waals surface area contributed by atoms with Gasteiger partial charge in [0.25, 0.3) is 5.91 Å². The van der Waals surface area contributed by atoms with E-state index >= 15 is 0 Å². The Morgan fingerprint density at radius 2 is 2.25 bits per heavy atom. The number of hydrogen-bond acceptors (Lipinski definition) is 3. The molecule has 3 N–H and O–H groups in total. The molecule has 2 aliphatic rings. The quantitative estimate of drug-likeness (QED) is 0.766. The standard InChI is InChI=1S/C15H19N3O2/c19-14-4-2-11-7-12(1-3-13(11)18-14)15(20)17-9-10-5-6-16-8-10/h1,3,7,10,16H,2,4-6,8-9H2,(H,17,20)(H,18,19). The van der Waals surface area contributed by atoms with E-state index in [1.807, 2.05) is 12.1 Å². The average Bonchev–Trinajstić information content (AvgIpc) is 2.97. The minimum Gasteiger partial charge on any atom is -0.352 e. The summed E-state index contributed by atoms with van der Waals surface area (Å²) in [5, 5.41) is 9.10. The molecule has 1 unspecified atom stereocenters. The van der Waals surface area contributed by atoms with Gasteiger partial charge in [0.15, 0.2) is 0 Å². The lowest BCUT2D eigenvalue weighted by Gasteiger charge is -2.17. The Balaban J connectivity index is 1.64. The van der Waals surface area contributed by atoms with Crippen LogP contribution in [0.25, 0.3) is 0 Å². The fraction of sp³-hybridized carbons (Fsp3) is 0.467. The second-order valence-corrected chi connectivity index (χ2v) is 5.49. The van der Waals surface area contributed by atoms with Crippen LogP contribution in [-0.2, 0) is 11.2 Å². The molecule has 1 atom stereocenters. The van der Waals surface area contributed by atoms with Crippen LogP contribution < -0.4 is 16.0 Å². The minimum absolute atomic E-state index is 0.0309. The van der Waals surface area contributed by atoms with Crippen molar-refractivity contribution in [3.8, 4) is 0 Å². The molecule has 20 heavy (non-hydrogen) atoms. The van der Waals surface area contributed by atoms with Crippen molar-refractivity contribution in [2.45, 2.75) is 19.3 Å². The van der Waals surface area contributed by atoms with Gasteiger partial charge in [-0.3, -0.25) is 9.59 Å². The number of benzene rings is 1. The molecule has 3 rings (SSSR count). The van der Waals surface area contributed by atoms with Gasteiger partial charge in [0.1, 0.15) is 0 Å². The summed E-state index contributed by atoms with van der Waals surface area (Å²) in [6.07, 6.45) is 2.32. The predicted octanol–water partition coefficient (Wildman–Crippen LogP) is 0.911. The molecule has 0 saturated carbocycles. The van der Waals surface area contributed by atoms with Crippen molar-refractivity contribution in [1.29, 1.82) is 0 Å². The minimum atomic E-state index is -0.0309. The maximum atomic E-state index is 12.1. The summed E-state index contributed by atoms with van der Waals surface area (Å²) >= 11 is 0. The van der Waals surface area contributed by atoms with Crippen LogP contribution in [0.15, 0.2) is 18.2 Å². The monoisotopic (exact) mass is 273 g/mol. The van der Waals surface area contributed by atoms with Gasteiger partial charge in [0.05, 0.1) is 0 Å². The second-order valence-electron chi connectivity index (χ2n) is 5.49. The van der Waals surface area contributed by atoms with Gasteiger partial charge in [-0.25, -0.2) is 0 Å². The number of hydrogen-bond donors (Lipinski definition) is 3. The van der Waals surface area contributed by atoms with Crippen LogP contribution >= 0.6 is 0 Å². The van der Waals surface area contributed by atoms with Crippen LogP contribution in [0.4, 0.5) is 5.69 Å². The molecule has 1 aromatic carbocycles. The zero-order chi connectivity index (χ0) is 13.9. The fourth-order valence-electron chi connectivity index (χ4n) is 2.75. The molecule has 0 bridgehead atoms. The molecule has 0 aromatic heterocycles. The maximum absolute atomic E-state index is 12.1. The lowest BCUT2D eigenvalue weighted by Crippen LogP contribution is -2.30. The van der Waals surface area contributed by atoms with Gasteiger partial charge in [-0.2, -0.15) is 0 Å². The Hall–Kier alpha value is -1.88. The van der Waals surface area contributed by atoms with Crippen LogP contribution in [0.1, 0.15) is 28.8 Å². The van der Waals surface area contributed by atoms with Crippen molar-refractivity contribution in [3.05, 3.63) is 29.3 Å². The first-order valence-electron chi connectivity index (χ1n) is 7.14. The van der Waals surface area contributed by atoms with Crippen molar-refractivity contribution >= 4 is 17.5 Å². The lowest BCUT2D eigenvalue weighted by atomic mass is 10.00.